The Kier molecular flexibility index (Phi) is 5.00. The van der Waals surface area contributed by atoms with Crippen molar-refractivity contribution in [1.82, 2.24) is 10.6 Å². The third kappa shape index (κ3) is 4.38. The standard InChI is InChI=1S/C8H16N2O2S/c11-4-3-9-8(12)10-7-1-5-13-6-2-7/h7,11H,1-6H2,(H2,9,10,12). The van der Waals surface area contributed by atoms with E-state index in [4.69, 9.17) is 5.11 Å². The number of carbonyl (C=O) groups is 1. The van der Waals surface area contributed by atoms with Crippen molar-refractivity contribution in [1.29, 1.82) is 0 Å². The monoisotopic (exact) mass is 204 g/mol. The van der Waals surface area contributed by atoms with Crippen molar-refractivity contribution < 1.29 is 9.90 Å². The fourth-order valence-electron chi connectivity index (χ4n) is 1.25. The van der Waals surface area contributed by atoms with E-state index in [1.165, 1.54) is 0 Å². The number of hydrogen-bond acceptors (Lipinski definition) is 3. The van der Waals surface area contributed by atoms with Crippen LogP contribution in [0.3, 0.4) is 0 Å². The summed E-state index contributed by atoms with van der Waals surface area (Å²) in [6.45, 7) is 0.321. The van der Waals surface area contributed by atoms with Crippen molar-refractivity contribution in [2.45, 2.75) is 18.9 Å². The first-order valence-corrected chi connectivity index (χ1v) is 5.71. The largest absolute Gasteiger partial charge is 0.395 e. The van der Waals surface area contributed by atoms with E-state index in [0.29, 0.717) is 12.6 Å². The highest BCUT2D eigenvalue weighted by Crippen LogP contribution is 2.16. The Morgan fingerprint density at radius 1 is 1.46 bits per heavy atom. The van der Waals surface area contributed by atoms with E-state index in [2.05, 4.69) is 10.6 Å². The third-order valence-electron chi connectivity index (χ3n) is 1.95. The fraction of sp³-hybridized carbons (Fsp3) is 0.875. The van der Waals surface area contributed by atoms with E-state index >= 15 is 0 Å². The van der Waals surface area contributed by atoms with E-state index < -0.39 is 0 Å². The molecule has 0 bridgehead atoms. The van der Waals surface area contributed by atoms with Gasteiger partial charge in [-0.25, -0.2) is 4.79 Å². The molecule has 1 fully saturated rings. The zero-order chi connectivity index (χ0) is 9.52. The first-order valence-electron chi connectivity index (χ1n) is 4.56. The number of aliphatic hydroxyl groups is 1. The number of hydrogen-bond donors (Lipinski definition) is 3. The maximum absolute atomic E-state index is 11.1. The van der Waals surface area contributed by atoms with Gasteiger partial charge in [-0.2, -0.15) is 11.8 Å². The smallest absolute Gasteiger partial charge is 0.315 e. The Bertz CT molecular complexity index is 160. The minimum atomic E-state index is -0.161. The molecule has 1 saturated heterocycles. The second-order valence-corrected chi connectivity index (χ2v) is 4.24. The molecule has 13 heavy (non-hydrogen) atoms. The molecule has 0 atom stereocenters. The lowest BCUT2D eigenvalue weighted by molar-refractivity contribution is 0.230. The van der Waals surface area contributed by atoms with E-state index in [-0.39, 0.29) is 12.6 Å². The van der Waals surface area contributed by atoms with Crippen molar-refractivity contribution in [2.75, 3.05) is 24.7 Å². The van der Waals surface area contributed by atoms with Crippen LogP contribution in [0.1, 0.15) is 12.8 Å². The summed E-state index contributed by atoms with van der Waals surface area (Å²) in [4.78, 5) is 11.1. The van der Waals surface area contributed by atoms with Gasteiger partial charge in [0.2, 0.25) is 0 Å². The van der Waals surface area contributed by atoms with Gasteiger partial charge < -0.3 is 15.7 Å². The average molecular weight is 204 g/mol. The van der Waals surface area contributed by atoms with Crippen LogP contribution in [0.15, 0.2) is 0 Å². The van der Waals surface area contributed by atoms with E-state index in [9.17, 15) is 4.79 Å². The topological polar surface area (TPSA) is 61.4 Å². The second kappa shape index (κ2) is 6.10. The summed E-state index contributed by atoms with van der Waals surface area (Å²) in [5.74, 6) is 2.26. The number of amides is 2. The molecule has 1 rings (SSSR count). The summed E-state index contributed by atoms with van der Waals surface area (Å²) in [6.07, 6.45) is 2.11. The third-order valence-corrected chi connectivity index (χ3v) is 3.00. The normalized spacial score (nSPS) is 18.2. The number of nitrogens with one attached hydrogen (secondary N) is 2. The van der Waals surface area contributed by atoms with Gasteiger partial charge in [-0.3, -0.25) is 0 Å². The number of aliphatic hydroxyl groups excluding tert-OH is 1. The first kappa shape index (κ1) is 10.7. The van der Waals surface area contributed by atoms with Gasteiger partial charge in [-0.15, -0.1) is 0 Å². The Morgan fingerprint density at radius 2 is 2.15 bits per heavy atom. The maximum Gasteiger partial charge on any atom is 0.315 e. The first-order chi connectivity index (χ1) is 6.33. The predicted molar refractivity (Wildman–Crippen MR) is 54.0 cm³/mol. The van der Waals surface area contributed by atoms with E-state index in [1.807, 2.05) is 11.8 Å². The van der Waals surface area contributed by atoms with Crippen molar-refractivity contribution >= 4 is 17.8 Å². The molecule has 0 unspecified atom stereocenters. The predicted octanol–water partition coefficient (Wildman–Crippen LogP) is 0.173. The van der Waals surface area contributed by atoms with E-state index in [1.54, 1.807) is 0 Å². The average Bonchev–Trinajstić information content (AvgIpc) is 2.16. The Hall–Kier alpha value is -0.420. The molecule has 0 aromatic rings. The highest BCUT2D eigenvalue weighted by molar-refractivity contribution is 7.99. The molecule has 0 spiro atoms. The number of thioether (sulfide) groups is 1. The highest BCUT2D eigenvalue weighted by Gasteiger charge is 2.15. The molecule has 0 aliphatic carbocycles. The summed E-state index contributed by atoms with van der Waals surface area (Å²) in [6, 6.07) is 0.158. The second-order valence-electron chi connectivity index (χ2n) is 3.01. The molecular weight excluding hydrogens is 188 g/mol. The molecular formula is C8H16N2O2S. The van der Waals surface area contributed by atoms with Crippen LogP contribution < -0.4 is 10.6 Å². The van der Waals surface area contributed by atoms with Gasteiger partial charge in [0.25, 0.3) is 0 Å². The van der Waals surface area contributed by atoms with Crippen LogP contribution in [0.25, 0.3) is 0 Å². The van der Waals surface area contributed by atoms with Gasteiger partial charge in [-0.05, 0) is 24.3 Å². The van der Waals surface area contributed by atoms with Crippen molar-refractivity contribution in [3.63, 3.8) is 0 Å². The molecule has 2 amide bonds. The van der Waals surface area contributed by atoms with Gasteiger partial charge in [0.1, 0.15) is 0 Å². The van der Waals surface area contributed by atoms with Crippen LogP contribution in [0.2, 0.25) is 0 Å². The molecule has 1 heterocycles. The molecule has 5 heteroatoms. The Labute approximate surface area is 82.5 Å². The molecule has 1 aliphatic heterocycles. The van der Waals surface area contributed by atoms with Gasteiger partial charge >= 0.3 is 6.03 Å². The molecule has 1 aliphatic rings. The lowest BCUT2D eigenvalue weighted by Gasteiger charge is -2.22. The molecule has 3 N–H and O–H groups in total. The van der Waals surface area contributed by atoms with Crippen LogP contribution >= 0.6 is 11.8 Å². The minimum Gasteiger partial charge on any atom is -0.395 e. The van der Waals surface area contributed by atoms with Crippen LogP contribution in [-0.2, 0) is 0 Å². The van der Waals surface area contributed by atoms with Crippen molar-refractivity contribution in [2.24, 2.45) is 0 Å². The SMILES string of the molecule is O=C(NCCO)NC1CCSCC1. The van der Waals surface area contributed by atoms with Gasteiger partial charge in [0.15, 0.2) is 0 Å². The van der Waals surface area contributed by atoms with Crippen LogP contribution in [-0.4, -0.2) is 41.8 Å². The van der Waals surface area contributed by atoms with E-state index in [0.717, 1.165) is 24.3 Å². The number of urea groups is 1. The molecule has 76 valence electrons. The summed E-state index contributed by atoms with van der Waals surface area (Å²) < 4.78 is 0. The Morgan fingerprint density at radius 3 is 2.77 bits per heavy atom. The van der Waals surface area contributed by atoms with Gasteiger partial charge in [0.05, 0.1) is 6.61 Å². The molecule has 0 radical (unpaired) electrons. The highest BCUT2D eigenvalue weighted by atomic mass is 32.2. The van der Waals surface area contributed by atoms with Crippen LogP contribution in [0.5, 0.6) is 0 Å². The van der Waals surface area contributed by atoms with Gasteiger partial charge in [-0.1, -0.05) is 0 Å². The summed E-state index contributed by atoms with van der Waals surface area (Å²) in [5, 5.41) is 13.9. The van der Waals surface area contributed by atoms with Crippen LogP contribution in [0, 0.1) is 0 Å². The fourth-order valence-corrected chi connectivity index (χ4v) is 2.35. The number of rotatable bonds is 3. The minimum absolute atomic E-state index is 0.00601. The van der Waals surface area contributed by atoms with Crippen LogP contribution in [0.4, 0.5) is 4.79 Å². The molecule has 4 nitrogen and oxygen atoms in total. The lowest BCUT2D eigenvalue weighted by Crippen LogP contribution is -2.44. The van der Waals surface area contributed by atoms with Gasteiger partial charge in [0, 0.05) is 12.6 Å². The maximum atomic E-state index is 11.1. The Balaban J connectivity index is 2.11. The molecule has 0 saturated carbocycles. The lowest BCUT2D eigenvalue weighted by atomic mass is 10.2. The molecule has 0 aromatic carbocycles. The summed E-state index contributed by atoms with van der Waals surface area (Å²) >= 11 is 1.93. The molecule has 0 aromatic heterocycles. The quantitative estimate of drug-likeness (QED) is 0.614. The zero-order valence-corrected chi connectivity index (χ0v) is 8.40. The summed E-state index contributed by atoms with van der Waals surface area (Å²) in [5.41, 5.74) is 0. The zero-order valence-electron chi connectivity index (χ0n) is 7.58. The summed E-state index contributed by atoms with van der Waals surface area (Å²) in [7, 11) is 0. The number of carbonyl (C=O) groups excluding carboxylic acids is 1. The van der Waals surface area contributed by atoms with Crippen molar-refractivity contribution in [3.05, 3.63) is 0 Å². The van der Waals surface area contributed by atoms with Crippen molar-refractivity contribution in [3.8, 4) is 0 Å².